The molecular formula is C55H79N11O35P4. The van der Waals surface area contributed by atoms with E-state index in [-0.39, 0.29) is 71.6 Å². The highest BCUT2D eigenvalue weighted by atomic mass is 31.2. The van der Waals surface area contributed by atoms with E-state index in [0.717, 1.165) is 4.57 Å². The highest BCUT2D eigenvalue weighted by Gasteiger charge is 2.43. The van der Waals surface area contributed by atoms with Crippen molar-refractivity contribution in [3.8, 4) is 24.7 Å². The minimum atomic E-state index is -4.73. The number of hydrogen-bond acceptors (Lipinski definition) is 28. The number of nitrogens with one attached hydrogen (secondary N) is 4. The zero-order valence-electron chi connectivity index (χ0n) is 56.6. The zero-order chi connectivity index (χ0) is 78.4. The summed E-state index contributed by atoms with van der Waals surface area (Å²) in [6.07, 6.45) is 8.27. The molecule has 4 aromatic rings. The summed E-state index contributed by atoms with van der Waals surface area (Å²) >= 11 is 0. The highest BCUT2D eigenvalue weighted by molar-refractivity contribution is 7.47. The largest absolute Gasteiger partial charge is 0.469 e. The van der Waals surface area contributed by atoms with Gasteiger partial charge in [-0.15, -0.1) is 19.4 Å². The van der Waals surface area contributed by atoms with E-state index in [1.54, 1.807) is 13.8 Å². The van der Waals surface area contributed by atoms with E-state index < -0.39 is 182 Å². The smallest absolute Gasteiger partial charge is 0.369 e. The second-order valence-corrected chi connectivity index (χ2v) is 28.0. The predicted molar refractivity (Wildman–Crippen MR) is 353 cm³/mol. The van der Waals surface area contributed by atoms with Gasteiger partial charge in [-0.3, -0.25) is 75.5 Å². The molecule has 105 heavy (non-hydrogen) atoms. The van der Waals surface area contributed by atoms with E-state index in [0.29, 0.717) is 16.7 Å². The molecule has 0 saturated carbocycles. The quantitative estimate of drug-likeness (QED) is 0.00405. The van der Waals surface area contributed by atoms with Crippen molar-refractivity contribution in [3.05, 3.63) is 153 Å². The number of azide groups is 1. The number of nitrogens with zero attached hydrogens (tertiary/aromatic N) is 7. The van der Waals surface area contributed by atoms with Gasteiger partial charge in [-0.1, -0.05) is 23.0 Å². The number of phosphoric ester groups is 4. The van der Waals surface area contributed by atoms with Gasteiger partial charge in [0.1, 0.15) is 88.6 Å². The molecule has 8 heterocycles. The van der Waals surface area contributed by atoms with Gasteiger partial charge in [0.15, 0.2) is 0 Å². The van der Waals surface area contributed by atoms with Gasteiger partial charge in [-0.25, -0.2) is 37.4 Å². The zero-order valence-corrected chi connectivity index (χ0v) is 60.2. The summed E-state index contributed by atoms with van der Waals surface area (Å²) in [5.74, 6) is 4.70. The SMILES string of the molecule is C#CC(C)(C)OCOC1C[C@H](n2cc(C)c(=O)[nH]c2=O)O[C@@H]1COP(=O)(O)O.C#CCOCOC1C[C@H](n2cc(C)c(=O)[nH]c2=O)O[C@@H]1COP(=O)(O)O.C=CCOCOC1C[C@H](n2cc(C)c(=O)[nH]c2=O)O[C@@H]1COP(=O)(O)O.Cc1cn([C@H]2CC(OCN=[N+]=[N-])[C@@H](COP(=O)(O)O)O2)c(=O)[nH]c1=O. The Morgan fingerprint density at radius 1 is 0.533 bits per heavy atom. The fraction of sp³-hybridized carbons (Fsp3) is 0.600. The maximum absolute atomic E-state index is 12.1. The first kappa shape index (κ1) is 88.5. The van der Waals surface area contributed by atoms with Crippen molar-refractivity contribution in [2.24, 2.45) is 5.11 Å². The Kier molecular flexibility index (Phi) is 33.9. The summed E-state index contributed by atoms with van der Waals surface area (Å²) in [5, 5.41) is 3.21. The maximum Gasteiger partial charge on any atom is 0.469 e. The normalized spacial score (nSPS) is 23.2. The molecule has 584 valence electrons. The molecule has 0 aromatic carbocycles. The Labute approximate surface area is 591 Å². The lowest BCUT2D eigenvalue weighted by Crippen LogP contribution is -2.33. The van der Waals surface area contributed by atoms with Gasteiger partial charge in [0.2, 0.25) is 0 Å². The molecule has 4 saturated heterocycles. The molecule has 4 aromatic heterocycles. The van der Waals surface area contributed by atoms with Crippen molar-refractivity contribution in [3.63, 3.8) is 0 Å². The molecule has 0 radical (unpaired) electrons. The van der Waals surface area contributed by atoms with E-state index in [9.17, 15) is 56.6 Å². The number of aryl methyl sites for hydroxylation is 4. The number of H-pyrrole nitrogens is 4. The number of terminal acetylenes is 2. The van der Waals surface area contributed by atoms with Crippen LogP contribution in [0.25, 0.3) is 10.4 Å². The van der Waals surface area contributed by atoms with Crippen molar-refractivity contribution >= 4 is 31.3 Å². The Hall–Kier alpha value is -7.11. The van der Waals surface area contributed by atoms with E-state index in [2.05, 4.69) is 66.5 Å². The number of aromatic nitrogens is 8. The molecule has 12 N–H and O–H groups in total. The molecule has 0 spiro atoms. The summed E-state index contributed by atoms with van der Waals surface area (Å²) in [4.78, 5) is 176. The van der Waals surface area contributed by atoms with Gasteiger partial charge in [-0.05, 0) is 47.1 Å². The van der Waals surface area contributed by atoms with Crippen molar-refractivity contribution in [2.45, 2.75) is 147 Å². The molecule has 46 nitrogen and oxygen atoms in total. The summed E-state index contributed by atoms with van der Waals surface area (Å²) in [6.45, 7) is 10.6. The van der Waals surface area contributed by atoms with Gasteiger partial charge in [-0.2, -0.15) is 0 Å². The van der Waals surface area contributed by atoms with Crippen LogP contribution in [0, 0.1) is 52.4 Å². The first-order valence-corrected chi connectivity index (χ1v) is 36.7. The molecule has 4 aliphatic rings. The lowest BCUT2D eigenvalue weighted by atomic mass is 10.1. The minimum Gasteiger partial charge on any atom is -0.369 e. The lowest BCUT2D eigenvalue weighted by Gasteiger charge is -2.22. The minimum absolute atomic E-state index is 0.0270. The van der Waals surface area contributed by atoms with Crippen LogP contribution in [0.2, 0.25) is 0 Å². The van der Waals surface area contributed by atoms with Crippen molar-refractivity contribution in [1.29, 1.82) is 0 Å². The lowest BCUT2D eigenvalue weighted by molar-refractivity contribution is -0.146. The van der Waals surface area contributed by atoms with E-state index in [4.69, 9.17) is 110 Å². The van der Waals surface area contributed by atoms with E-state index >= 15 is 0 Å². The summed E-state index contributed by atoms with van der Waals surface area (Å²) in [5.41, 5.74) is 3.82. The second-order valence-electron chi connectivity index (χ2n) is 23.1. The van der Waals surface area contributed by atoms with Crippen molar-refractivity contribution in [2.75, 3.05) is 66.8 Å². The van der Waals surface area contributed by atoms with Crippen LogP contribution in [0.15, 0.2) is 80.9 Å². The molecule has 0 amide bonds. The Bertz CT molecular complexity index is 4430. The molecule has 50 heteroatoms. The third-order valence-electron chi connectivity index (χ3n) is 14.8. The number of aromatic amines is 4. The fourth-order valence-corrected chi connectivity index (χ4v) is 11.0. The monoisotopic (exact) mass is 1580 g/mol. The van der Waals surface area contributed by atoms with Crippen LogP contribution < -0.4 is 45.0 Å². The van der Waals surface area contributed by atoms with Crippen LogP contribution in [-0.2, 0) is 88.5 Å². The molecule has 4 unspecified atom stereocenters. The summed E-state index contributed by atoms with van der Waals surface area (Å²) in [7, 11) is -18.9. The highest BCUT2D eigenvalue weighted by Crippen LogP contribution is 2.42. The molecule has 8 rings (SSSR count). The van der Waals surface area contributed by atoms with Gasteiger partial charge < -0.3 is 91.3 Å². The maximum atomic E-state index is 12.1. The second kappa shape index (κ2) is 40.2. The summed E-state index contributed by atoms with van der Waals surface area (Å²) < 4.78 is 126. The Morgan fingerprint density at radius 2 is 0.819 bits per heavy atom. The Morgan fingerprint density at radius 3 is 1.09 bits per heavy atom. The van der Waals surface area contributed by atoms with Gasteiger partial charge in [0.25, 0.3) is 22.2 Å². The standard InChI is InChI=1S/C16H23N2O9P.C14H21N2O9P.C14H19N2O9P.C11H16N5O8P/c1-5-16(3,4)25-9-24-11-6-13(27-12(11)8-26-28(21,22)23)18-7-10(2)14(19)17-15(18)20;2*1-3-4-22-8-23-10-5-12(25-11(10)7-24-26(19,20)21)16-6-9(2)13(17)15-14(16)18;1-6-3-16(11(18)14-10(6)17)9-2-7(22-5-13-15-12)8(24-9)4-23-25(19,20)21/h1,7,11-13H,6,8-9H2,2-4H3,(H,17,19,20)(H2,21,22,23);3,6,10-12H,1,4-5,7-8H2,2H3,(H,15,17,18)(H2,19,20,21);1,6,10-12H,4-5,7-8H2,2H3,(H,15,17,18)(H2,19,20,21);3,7-9H,2,4-5H2,1H3,(H,14,17,18)(H2,19,20,21)/t11?,12-,13-;2*10?,11-,12-;7?,8-,9-/m1111/s1. The van der Waals surface area contributed by atoms with Crippen LogP contribution in [0.5, 0.6) is 0 Å². The number of ether oxygens (including phenoxy) is 11. The predicted octanol–water partition coefficient (Wildman–Crippen LogP) is -1.07. The average Bonchev–Trinajstić information content (AvgIpc) is 1.71. The molecular weight excluding hydrogens is 1500 g/mol. The fourth-order valence-electron chi connectivity index (χ4n) is 9.64. The van der Waals surface area contributed by atoms with Crippen LogP contribution in [-0.4, -0.2) is 199 Å². The van der Waals surface area contributed by atoms with E-state index in [1.165, 1.54) is 72.3 Å². The first-order chi connectivity index (χ1) is 49.0. The van der Waals surface area contributed by atoms with E-state index in [1.807, 2.05) is 0 Å². The molecule has 0 aliphatic carbocycles. The van der Waals surface area contributed by atoms with Crippen LogP contribution in [0.3, 0.4) is 0 Å². The molecule has 4 fully saturated rings. The van der Waals surface area contributed by atoms with Gasteiger partial charge >= 0.3 is 54.0 Å². The van der Waals surface area contributed by atoms with Crippen molar-refractivity contribution in [1.82, 2.24) is 38.2 Å². The third-order valence-corrected chi connectivity index (χ3v) is 16.7. The number of phosphoric acid groups is 4. The summed E-state index contributed by atoms with van der Waals surface area (Å²) in [6, 6.07) is 0. The van der Waals surface area contributed by atoms with Crippen LogP contribution in [0.4, 0.5) is 0 Å². The Balaban J connectivity index is 0.000000252. The molecule has 0 bridgehead atoms. The van der Waals surface area contributed by atoms with Crippen LogP contribution >= 0.6 is 31.3 Å². The number of rotatable bonds is 32. The molecule has 4 aliphatic heterocycles. The first-order valence-electron chi connectivity index (χ1n) is 30.5. The number of hydrogen-bond donors (Lipinski definition) is 12. The van der Waals surface area contributed by atoms with Gasteiger partial charge in [0.05, 0.1) is 57.5 Å². The van der Waals surface area contributed by atoms with Gasteiger partial charge in [0, 0.05) is 77.6 Å². The van der Waals surface area contributed by atoms with Crippen LogP contribution in [0.1, 0.15) is 86.7 Å². The topological polar surface area (TPSA) is 637 Å². The molecule has 12 atom stereocenters. The third kappa shape index (κ3) is 29.5. The van der Waals surface area contributed by atoms with Crippen molar-refractivity contribution < 1.29 is 128 Å². The average molecular weight is 1580 g/mol.